The number of nitrogens with zero attached hydrogens (tertiary/aromatic N) is 3. The van der Waals surface area contributed by atoms with Crippen LogP contribution in [0.1, 0.15) is 16.0 Å². The van der Waals surface area contributed by atoms with Gasteiger partial charge in [-0.3, -0.25) is 14.6 Å². The van der Waals surface area contributed by atoms with Gasteiger partial charge in [-0.25, -0.2) is 4.39 Å². The number of thiophene rings is 1. The Morgan fingerprint density at radius 1 is 1.14 bits per heavy atom. The van der Waals surface area contributed by atoms with Crippen molar-refractivity contribution in [3.63, 3.8) is 0 Å². The predicted octanol–water partition coefficient (Wildman–Crippen LogP) is 2.60. The number of amides is 1. The number of halogens is 1. The van der Waals surface area contributed by atoms with E-state index in [4.69, 9.17) is 4.74 Å². The molecule has 7 heteroatoms. The molecule has 1 saturated heterocycles. The van der Waals surface area contributed by atoms with Crippen LogP contribution >= 0.6 is 11.3 Å². The highest BCUT2D eigenvalue weighted by Crippen LogP contribution is 2.24. The summed E-state index contributed by atoms with van der Waals surface area (Å²) in [6, 6.07) is 7.27. The van der Waals surface area contributed by atoms with Gasteiger partial charge in [0.05, 0.1) is 13.7 Å². The molecule has 1 aromatic heterocycles. The first kappa shape index (κ1) is 19.4. The highest BCUT2D eigenvalue weighted by atomic mass is 32.1. The smallest absolute Gasteiger partial charge is 0.237 e. The van der Waals surface area contributed by atoms with Crippen molar-refractivity contribution in [1.82, 2.24) is 14.7 Å². The number of carbonyl (C=O) groups excluding carboxylic acids is 1. The summed E-state index contributed by atoms with van der Waals surface area (Å²) >= 11 is 1.79. The molecule has 0 spiro atoms. The van der Waals surface area contributed by atoms with Crippen LogP contribution in [-0.4, -0.2) is 67.0 Å². The molecular weight excluding hydrogens is 377 g/mol. The van der Waals surface area contributed by atoms with E-state index in [1.54, 1.807) is 23.5 Å². The van der Waals surface area contributed by atoms with E-state index in [-0.39, 0.29) is 17.5 Å². The maximum Gasteiger partial charge on any atom is 0.237 e. The third kappa shape index (κ3) is 4.37. The second-order valence-corrected chi connectivity index (χ2v) is 8.46. The lowest BCUT2D eigenvalue weighted by molar-refractivity contribution is -0.133. The number of methoxy groups -OCH3 is 1. The van der Waals surface area contributed by atoms with Gasteiger partial charge < -0.3 is 9.64 Å². The first-order chi connectivity index (χ1) is 13.6. The van der Waals surface area contributed by atoms with Crippen LogP contribution < -0.4 is 4.74 Å². The predicted molar refractivity (Wildman–Crippen MR) is 108 cm³/mol. The average Bonchev–Trinajstić information content (AvgIpc) is 3.17. The summed E-state index contributed by atoms with van der Waals surface area (Å²) in [5.41, 5.74) is 2.25. The van der Waals surface area contributed by atoms with Crippen LogP contribution in [0.2, 0.25) is 0 Å². The third-order valence-corrected chi connectivity index (χ3v) is 6.63. The van der Waals surface area contributed by atoms with Crippen LogP contribution in [0.3, 0.4) is 0 Å². The number of hydrogen-bond donors (Lipinski definition) is 0. The maximum absolute atomic E-state index is 13.9. The molecule has 5 nitrogen and oxygen atoms in total. The normalized spacial score (nSPS) is 18.1. The number of rotatable bonds is 5. The zero-order valence-corrected chi connectivity index (χ0v) is 17.0. The minimum Gasteiger partial charge on any atom is -0.494 e. The Bertz CT molecular complexity index is 833. The molecule has 0 atom stereocenters. The molecule has 0 radical (unpaired) electrons. The topological polar surface area (TPSA) is 36.0 Å². The van der Waals surface area contributed by atoms with Crippen molar-refractivity contribution in [2.45, 2.75) is 19.5 Å². The van der Waals surface area contributed by atoms with Crippen molar-refractivity contribution < 1.29 is 13.9 Å². The summed E-state index contributed by atoms with van der Waals surface area (Å²) in [4.78, 5) is 20.6. The summed E-state index contributed by atoms with van der Waals surface area (Å²) in [5.74, 6) is 0.182. The first-order valence-corrected chi connectivity index (χ1v) is 10.6. The SMILES string of the molecule is COc1ccc(CN2CCN(CC(=O)N3CCc4sccc4C3)CC2)cc1F. The van der Waals surface area contributed by atoms with Crippen LogP contribution in [0.25, 0.3) is 0 Å². The molecule has 4 rings (SSSR count). The van der Waals surface area contributed by atoms with E-state index in [0.29, 0.717) is 6.54 Å². The Morgan fingerprint density at radius 2 is 1.93 bits per heavy atom. The van der Waals surface area contributed by atoms with Crippen molar-refractivity contribution >= 4 is 17.2 Å². The molecule has 3 heterocycles. The second kappa shape index (κ2) is 8.59. The largest absolute Gasteiger partial charge is 0.494 e. The standard InChI is InChI=1S/C21H26FN3O2S/c1-27-19-3-2-16(12-18(19)22)13-23-7-9-24(10-8-23)15-21(26)25-6-4-20-17(14-25)5-11-28-20/h2-3,5,11-12H,4,6-10,13-15H2,1H3. The second-order valence-electron chi connectivity index (χ2n) is 7.46. The summed E-state index contributed by atoms with van der Waals surface area (Å²) < 4.78 is 18.8. The minimum atomic E-state index is -0.320. The number of ether oxygens (including phenoxy) is 1. The molecule has 1 aromatic carbocycles. The van der Waals surface area contributed by atoms with Crippen molar-refractivity contribution in [3.8, 4) is 5.75 Å². The highest BCUT2D eigenvalue weighted by Gasteiger charge is 2.25. The Labute approximate surface area is 169 Å². The van der Waals surface area contributed by atoms with Crippen LogP contribution in [0.4, 0.5) is 4.39 Å². The van der Waals surface area contributed by atoms with Gasteiger partial charge in [0.15, 0.2) is 11.6 Å². The maximum atomic E-state index is 13.9. The lowest BCUT2D eigenvalue weighted by Gasteiger charge is -2.36. The fourth-order valence-corrected chi connectivity index (χ4v) is 4.81. The molecule has 0 N–H and O–H groups in total. The molecule has 2 aromatic rings. The van der Waals surface area contributed by atoms with Gasteiger partial charge in [-0.1, -0.05) is 6.07 Å². The molecule has 0 aliphatic carbocycles. The fourth-order valence-electron chi connectivity index (χ4n) is 3.92. The summed E-state index contributed by atoms with van der Waals surface area (Å²) in [6.45, 7) is 6.28. The average molecular weight is 404 g/mol. The Hall–Kier alpha value is -1.96. The van der Waals surface area contributed by atoms with Gasteiger partial charge in [-0.2, -0.15) is 0 Å². The van der Waals surface area contributed by atoms with Gasteiger partial charge >= 0.3 is 0 Å². The molecule has 1 amide bonds. The molecule has 1 fully saturated rings. The van der Waals surface area contributed by atoms with Crippen molar-refractivity contribution in [1.29, 1.82) is 0 Å². The molecule has 150 valence electrons. The van der Waals surface area contributed by atoms with Crippen LogP contribution in [0, 0.1) is 5.82 Å². The number of piperazine rings is 1. The zero-order valence-electron chi connectivity index (χ0n) is 16.2. The summed E-state index contributed by atoms with van der Waals surface area (Å²) in [6.07, 6.45) is 0.977. The van der Waals surface area contributed by atoms with Crippen molar-refractivity contribution in [2.75, 3.05) is 46.4 Å². The van der Waals surface area contributed by atoms with E-state index in [9.17, 15) is 9.18 Å². The third-order valence-electron chi connectivity index (χ3n) is 5.61. The van der Waals surface area contributed by atoms with Crippen LogP contribution in [0.5, 0.6) is 5.75 Å². The van der Waals surface area contributed by atoms with Crippen LogP contribution in [-0.2, 0) is 24.3 Å². The van der Waals surface area contributed by atoms with Gasteiger partial charge in [0.2, 0.25) is 5.91 Å². The minimum absolute atomic E-state index is 0.225. The Kier molecular flexibility index (Phi) is 5.94. The lowest BCUT2D eigenvalue weighted by Crippen LogP contribution is -2.50. The zero-order chi connectivity index (χ0) is 19.5. The summed E-state index contributed by atoms with van der Waals surface area (Å²) in [7, 11) is 1.47. The van der Waals surface area contributed by atoms with Gasteiger partial charge in [0.1, 0.15) is 0 Å². The number of benzene rings is 1. The van der Waals surface area contributed by atoms with E-state index in [0.717, 1.165) is 57.8 Å². The van der Waals surface area contributed by atoms with Crippen molar-refractivity contribution in [3.05, 3.63) is 51.5 Å². The molecule has 0 saturated carbocycles. The van der Waals surface area contributed by atoms with Crippen molar-refractivity contribution in [2.24, 2.45) is 0 Å². The van der Waals surface area contributed by atoms with E-state index < -0.39 is 0 Å². The molecule has 0 unspecified atom stereocenters. The number of fused-ring (bicyclic) bond motifs is 1. The van der Waals surface area contributed by atoms with E-state index in [1.165, 1.54) is 17.6 Å². The fraction of sp³-hybridized carbons (Fsp3) is 0.476. The Balaban J connectivity index is 1.24. The van der Waals surface area contributed by atoms with Gasteiger partial charge in [-0.15, -0.1) is 11.3 Å². The lowest BCUT2D eigenvalue weighted by atomic mass is 10.1. The summed E-state index contributed by atoms with van der Waals surface area (Å²) in [5, 5.41) is 2.12. The van der Waals surface area contributed by atoms with Gasteiger partial charge in [0, 0.05) is 50.7 Å². The monoisotopic (exact) mass is 403 g/mol. The quantitative estimate of drug-likeness (QED) is 0.769. The first-order valence-electron chi connectivity index (χ1n) is 9.72. The molecule has 2 aliphatic heterocycles. The van der Waals surface area contributed by atoms with E-state index in [2.05, 4.69) is 21.2 Å². The number of hydrogen-bond acceptors (Lipinski definition) is 5. The van der Waals surface area contributed by atoms with Gasteiger partial charge in [-0.05, 0) is 41.1 Å². The molecular formula is C21H26FN3O2S. The van der Waals surface area contributed by atoms with E-state index in [1.807, 2.05) is 11.0 Å². The number of carbonyl (C=O) groups is 1. The molecule has 0 bridgehead atoms. The molecule has 2 aliphatic rings. The molecule has 28 heavy (non-hydrogen) atoms. The van der Waals surface area contributed by atoms with Crippen LogP contribution in [0.15, 0.2) is 29.6 Å². The van der Waals surface area contributed by atoms with E-state index >= 15 is 0 Å². The van der Waals surface area contributed by atoms with Gasteiger partial charge in [0.25, 0.3) is 0 Å². The Morgan fingerprint density at radius 3 is 2.68 bits per heavy atom. The highest BCUT2D eigenvalue weighted by molar-refractivity contribution is 7.10.